The molecule has 1 spiro atoms. The number of piperidine rings is 1. The molecule has 3 aliphatic rings. The molecule has 3 heterocycles. The average molecular weight is 324 g/mol. The Hall–Kier alpha value is -2.09. The second kappa shape index (κ2) is 5.77. The molecule has 0 unspecified atom stereocenters. The Balaban J connectivity index is 1.56. The van der Waals surface area contributed by atoms with Gasteiger partial charge in [0.15, 0.2) is 0 Å². The number of carbonyl (C=O) groups is 1. The maximum atomic E-state index is 13.1. The monoisotopic (exact) mass is 324 g/mol. The third kappa shape index (κ3) is 2.64. The zero-order valence-corrected chi connectivity index (χ0v) is 14.3. The number of aryl methyl sites for hydroxylation is 1. The zero-order chi connectivity index (χ0) is 16.7. The number of nitriles is 1. The second-order valence-electron chi connectivity index (χ2n) is 7.69. The Morgan fingerprint density at radius 2 is 2.17 bits per heavy atom. The number of amides is 1. The van der Waals surface area contributed by atoms with E-state index in [1.54, 1.807) is 0 Å². The summed E-state index contributed by atoms with van der Waals surface area (Å²) in [5.74, 6) is 1.83. The van der Waals surface area contributed by atoms with Gasteiger partial charge in [-0.05, 0) is 57.1 Å². The first-order valence-electron chi connectivity index (χ1n) is 9.03. The maximum absolute atomic E-state index is 13.1. The molecule has 0 bridgehead atoms. The molecule has 5 nitrogen and oxygen atoms in total. The van der Waals surface area contributed by atoms with Gasteiger partial charge in [-0.15, -0.1) is 0 Å². The SMILES string of the molecule is Cc1ccc(C#N)c(N2CC[C@@]3(CCCN(CC4CC4)C3=O)C2)n1. The Morgan fingerprint density at radius 1 is 1.33 bits per heavy atom. The van der Waals surface area contributed by atoms with E-state index in [4.69, 9.17) is 0 Å². The molecule has 1 aromatic rings. The van der Waals surface area contributed by atoms with Crippen LogP contribution in [0.25, 0.3) is 0 Å². The summed E-state index contributed by atoms with van der Waals surface area (Å²) in [5.41, 5.74) is 1.26. The predicted octanol–water partition coefficient (Wildman–Crippen LogP) is 2.49. The molecular weight excluding hydrogens is 300 g/mol. The maximum Gasteiger partial charge on any atom is 0.230 e. The van der Waals surface area contributed by atoms with Gasteiger partial charge in [0, 0.05) is 31.9 Å². The van der Waals surface area contributed by atoms with Crippen LogP contribution >= 0.6 is 0 Å². The van der Waals surface area contributed by atoms with E-state index in [-0.39, 0.29) is 5.41 Å². The van der Waals surface area contributed by atoms with E-state index in [9.17, 15) is 10.1 Å². The lowest BCUT2D eigenvalue weighted by Crippen LogP contribution is -2.50. The van der Waals surface area contributed by atoms with Crippen LogP contribution in [0.5, 0.6) is 0 Å². The lowest BCUT2D eigenvalue weighted by Gasteiger charge is -2.39. The minimum absolute atomic E-state index is 0.259. The number of hydrogen-bond acceptors (Lipinski definition) is 4. The van der Waals surface area contributed by atoms with Crippen LogP contribution in [0.15, 0.2) is 12.1 Å². The Labute approximate surface area is 143 Å². The molecule has 0 aromatic carbocycles. The summed E-state index contributed by atoms with van der Waals surface area (Å²) in [6.45, 7) is 5.34. The molecule has 0 N–H and O–H groups in total. The van der Waals surface area contributed by atoms with Crippen LogP contribution in [0.1, 0.15) is 43.4 Å². The van der Waals surface area contributed by atoms with Crippen LogP contribution in [0.2, 0.25) is 0 Å². The van der Waals surface area contributed by atoms with Gasteiger partial charge in [0.2, 0.25) is 5.91 Å². The van der Waals surface area contributed by atoms with Crippen molar-refractivity contribution in [2.45, 2.75) is 39.0 Å². The van der Waals surface area contributed by atoms with Crippen LogP contribution in [0, 0.1) is 29.6 Å². The summed E-state index contributed by atoms with van der Waals surface area (Å²) in [5, 5.41) is 9.38. The molecular formula is C19H24N4O. The standard InChI is InChI=1S/C19H24N4O/c1-14-3-6-16(11-20)17(21-14)23-10-8-19(13-23)7-2-9-22(18(19)24)12-15-4-5-15/h3,6,15H,2,4-5,7-10,12-13H2,1H3/t19-/m0/s1. The minimum Gasteiger partial charge on any atom is -0.354 e. The van der Waals surface area contributed by atoms with Gasteiger partial charge in [-0.1, -0.05) is 0 Å². The number of rotatable bonds is 3. The van der Waals surface area contributed by atoms with E-state index in [0.717, 1.165) is 56.3 Å². The van der Waals surface area contributed by atoms with Gasteiger partial charge in [-0.25, -0.2) is 4.98 Å². The number of pyridine rings is 1. The minimum atomic E-state index is -0.259. The van der Waals surface area contributed by atoms with Gasteiger partial charge in [0.25, 0.3) is 0 Å². The smallest absolute Gasteiger partial charge is 0.230 e. The largest absolute Gasteiger partial charge is 0.354 e. The first kappa shape index (κ1) is 15.4. The molecule has 1 aliphatic carbocycles. The highest BCUT2D eigenvalue weighted by Gasteiger charge is 2.49. The lowest BCUT2D eigenvalue weighted by molar-refractivity contribution is -0.145. The van der Waals surface area contributed by atoms with Gasteiger partial charge in [0.05, 0.1) is 11.0 Å². The van der Waals surface area contributed by atoms with E-state index in [1.807, 2.05) is 19.1 Å². The Morgan fingerprint density at radius 3 is 2.92 bits per heavy atom. The van der Waals surface area contributed by atoms with Crippen LogP contribution in [-0.2, 0) is 4.79 Å². The van der Waals surface area contributed by atoms with E-state index >= 15 is 0 Å². The highest BCUT2D eigenvalue weighted by molar-refractivity contribution is 5.85. The van der Waals surface area contributed by atoms with Crippen molar-refractivity contribution in [1.29, 1.82) is 5.26 Å². The summed E-state index contributed by atoms with van der Waals surface area (Å²) in [6, 6.07) is 5.96. The van der Waals surface area contributed by atoms with Crippen LogP contribution in [0.4, 0.5) is 5.82 Å². The first-order chi connectivity index (χ1) is 11.6. The van der Waals surface area contributed by atoms with E-state index < -0.39 is 0 Å². The fourth-order valence-corrected chi connectivity index (χ4v) is 4.24. The lowest BCUT2D eigenvalue weighted by atomic mass is 9.78. The van der Waals surface area contributed by atoms with Crippen molar-refractivity contribution >= 4 is 11.7 Å². The summed E-state index contributed by atoms with van der Waals surface area (Å²) in [7, 11) is 0. The summed E-state index contributed by atoms with van der Waals surface area (Å²) < 4.78 is 0. The molecule has 2 saturated heterocycles. The number of hydrogen-bond donors (Lipinski definition) is 0. The number of aromatic nitrogens is 1. The molecule has 126 valence electrons. The zero-order valence-electron chi connectivity index (χ0n) is 14.3. The Kier molecular flexibility index (Phi) is 3.71. The van der Waals surface area contributed by atoms with Gasteiger partial charge in [-0.3, -0.25) is 4.79 Å². The number of anilines is 1. The normalized spacial score (nSPS) is 26.9. The van der Waals surface area contributed by atoms with Gasteiger partial charge in [0.1, 0.15) is 11.9 Å². The molecule has 2 aliphatic heterocycles. The van der Waals surface area contributed by atoms with Crippen LogP contribution < -0.4 is 4.90 Å². The molecule has 0 radical (unpaired) electrons. The third-order valence-electron chi connectivity index (χ3n) is 5.79. The summed E-state index contributed by atoms with van der Waals surface area (Å²) in [6.07, 6.45) is 5.51. The Bertz CT molecular complexity index is 706. The first-order valence-corrected chi connectivity index (χ1v) is 9.03. The highest BCUT2D eigenvalue weighted by atomic mass is 16.2. The second-order valence-corrected chi connectivity index (χ2v) is 7.69. The van der Waals surface area contributed by atoms with Crippen molar-refractivity contribution in [3.05, 3.63) is 23.4 Å². The third-order valence-corrected chi connectivity index (χ3v) is 5.79. The number of likely N-dealkylation sites (tertiary alicyclic amines) is 1. The van der Waals surface area contributed by atoms with E-state index in [2.05, 4.69) is 20.9 Å². The molecule has 1 aromatic heterocycles. The molecule has 1 amide bonds. The average Bonchev–Trinajstić information content (AvgIpc) is 3.30. The van der Waals surface area contributed by atoms with Crippen molar-refractivity contribution in [1.82, 2.24) is 9.88 Å². The molecule has 1 atom stereocenters. The van der Waals surface area contributed by atoms with Gasteiger partial charge < -0.3 is 9.80 Å². The molecule has 3 fully saturated rings. The fourth-order valence-electron chi connectivity index (χ4n) is 4.24. The predicted molar refractivity (Wildman–Crippen MR) is 91.5 cm³/mol. The topological polar surface area (TPSA) is 60.2 Å². The molecule has 4 rings (SSSR count). The molecule has 1 saturated carbocycles. The van der Waals surface area contributed by atoms with Crippen molar-refractivity contribution < 1.29 is 4.79 Å². The van der Waals surface area contributed by atoms with Crippen LogP contribution in [-0.4, -0.2) is 42.0 Å². The quantitative estimate of drug-likeness (QED) is 0.857. The van der Waals surface area contributed by atoms with Crippen molar-refractivity contribution in [2.24, 2.45) is 11.3 Å². The van der Waals surface area contributed by atoms with Crippen molar-refractivity contribution in [3.8, 4) is 6.07 Å². The van der Waals surface area contributed by atoms with Gasteiger partial charge in [-0.2, -0.15) is 5.26 Å². The van der Waals surface area contributed by atoms with E-state index in [0.29, 0.717) is 18.0 Å². The van der Waals surface area contributed by atoms with E-state index in [1.165, 1.54) is 12.8 Å². The number of carbonyl (C=O) groups excluding carboxylic acids is 1. The summed E-state index contributed by atoms with van der Waals surface area (Å²) >= 11 is 0. The van der Waals surface area contributed by atoms with Gasteiger partial charge >= 0.3 is 0 Å². The van der Waals surface area contributed by atoms with Crippen molar-refractivity contribution in [3.63, 3.8) is 0 Å². The molecule has 24 heavy (non-hydrogen) atoms. The molecule has 5 heteroatoms. The van der Waals surface area contributed by atoms with Crippen LogP contribution in [0.3, 0.4) is 0 Å². The van der Waals surface area contributed by atoms with Crippen molar-refractivity contribution in [2.75, 3.05) is 31.1 Å². The summed E-state index contributed by atoms with van der Waals surface area (Å²) in [4.78, 5) is 22.0. The highest BCUT2D eigenvalue weighted by Crippen LogP contribution is 2.43. The fraction of sp³-hybridized carbons (Fsp3) is 0.632. The number of nitrogens with zero attached hydrogens (tertiary/aromatic N) is 4.